The topological polar surface area (TPSA) is 107 Å². The molecule has 0 bridgehead atoms. The van der Waals surface area contributed by atoms with Crippen LogP contribution >= 0.6 is 27.3 Å². The molecule has 3 aromatic heterocycles. The average molecular weight is 459 g/mol. The van der Waals surface area contributed by atoms with Crippen molar-refractivity contribution in [2.75, 3.05) is 6.61 Å². The second kappa shape index (κ2) is 7.49. The summed E-state index contributed by atoms with van der Waals surface area (Å²) in [5.41, 5.74) is 1.04. The van der Waals surface area contributed by atoms with Crippen molar-refractivity contribution in [1.82, 2.24) is 19.6 Å². The number of pyridine rings is 1. The quantitative estimate of drug-likeness (QED) is 0.487. The van der Waals surface area contributed by atoms with Crippen LogP contribution in [-0.4, -0.2) is 37.3 Å². The summed E-state index contributed by atoms with van der Waals surface area (Å²) in [5, 5.41) is 13.1. The summed E-state index contributed by atoms with van der Waals surface area (Å²) >= 11 is 4.56. The number of carbonyl (C=O) groups is 1. The molecule has 0 saturated heterocycles. The first-order chi connectivity index (χ1) is 13.5. The Morgan fingerprint density at radius 2 is 2.07 bits per heavy atom. The lowest BCUT2D eigenvalue weighted by molar-refractivity contribution is -0.139. The van der Waals surface area contributed by atoms with Crippen LogP contribution in [0.3, 0.4) is 0 Å². The predicted molar refractivity (Wildman–Crippen MR) is 106 cm³/mol. The number of nitrogens with zero attached hydrogens (tertiary/aromatic N) is 4. The van der Waals surface area contributed by atoms with E-state index < -0.39 is 12.6 Å². The first-order valence-electron chi connectivity index (χ1n) is 7.97. The molecule has 0 radical (unpaired) electrons. The van der Waals surface area contributed by atoms with Crippen LogP contribution in [0.4, 0.5) is 0 Å². The van der Waals surface area contributed by atoms with Crippen molar-refractivity contribution >= 4 is 44.3 Å². The number of carboxylic acid groups (broad SMARTS) is 1. The fourth-order valence-corrected chi connectivity index (χ4v) is 3.78. The second-order valence-corrected chi connectivity index (χ2v) is 7.57. The summed E-state index contributed by atoms with van der Waals surface area (Å²) in [4.78, 5) is 32.3. The van der Waals surface area contributed by atoms with Crippen LogP contribution in [0, 0.1) is 0 Å². The van der Waals surface area contributed by atoms with Crippen LogP contribution in [0.25, 0.3) is 22.4 Å². The van der Waals surface area contributed by atoms with Gasteiger partial charge in [-0.25, -0.2) is 4.79 Å². The fraction of sp³-hybridized carbons (Fsp3) is 0.0556. The molecular formula is C18H11BrN4O4S. The molecule has 1 aromatic carbocycles. The van der Waals surface area contributed by atoms with Gasteiger partial charge in [0.05, 0.1) is 4.53 Å². The summed E-state index contributed by atoms with van der Waals surface area (Å²) in [6, 6.07) is 8.65. The maximum atomic E-state index is 12.7. The van der Waals surface area contributed by atoms with E-state index in [1.165, 1.54) is 15.9 Å². The Morgan fingerprint density at radius 1 is 1.29 bits per heavy atom. The summed E-state index contributed by atoms with van der Waals surface area (Å²) in [6.07, 6.45) is 4.90. The first kappa shape index (κ1) is 18.3. The summed E-state index contributed by atoms with van der Waals surface area (Å²) < 4.78 is 7.74. The number of carboxylic acids is 1. The molecule has 4 aromatic rings. The molecule has 0 atom stereocenters. The number of benzene rings is 1. The van der Waals surface area contributed by atoms with E-state index in [-0.39, 0.29) is 5.56 Å². The van der Waals surface area contributed by atoms with Gasteiger partial charge in [0.25, 0.3) is 5.56 Å². The SMILES string of the molecule is O=C(O)COc1ccc(Br)cc1/C=c1\sc2nc(-c3ccncc3)nn2c1=O. The molecule has 0 unspecified atom stereocenters. The molecule has 28 heavy (non-hydrogen) atoms. The standard InChI is InChI=1S/C18H11BrN4O4S/c19-12-1-2-13(27-9-15(24)25)11(7-12)8-14-17(26)23-18(28-14)21-16(22-23)10-3-5-20-6-4-10/h1-8H,9H2,(H,24,25)/b14-8-. The number of hydrogen-bond acceptors (Lipinski definition) is 7. The van der Waals surface area contributed by atoms with E-state index in [2.05, 4.69) is 31.0 Å². The van der Waals surface area contributed by atoms with E-state index in [1.807, 2.05) is 0 Å². The molecule has 4 rings (SSSR count). The van der Waals surface area contributed by atoms with Gasteiger partial charge in [0.15, 0.2) is 12.4 Å². The van der Waals surface area contributed by atoms with Crippen molar-refractivity contribution in [2.45, 2.75) is 0 Å². The van der Waals surface area contributed by atoms with Crippen molar-refractivity contribution in [2.24, 2.45) is 0 Å². The molecule has 10 heteroatoms. The van der Waals surface area contributed by atoms with Gasteiger partial charge in [-0.2, -0.15) is 9.50 Å². The molecule has 0 fully saturated rings. The van der Waals surface area contributed by atoms with Crippen LogP contribution in [0.5, 0.6) is 5.75 Å². The Balaban J connectivity index is 1.78. The maximum Gasteiger partial charge on any atom is 0.341 e. The molecular weight excluding hydrogens is 448 g/mol. The van der Waals surface area contributed by atoms with E-state index in [0.29, 0.717) is 26.6 Å². The number of fused-ring (bicyclic) bond motifs is 1. The van der Waals surface area contributed by atoms with Crippen LogP contribution in [-0.2, 0) is 4.79 Å². The van der Waals surface area contributed by atoms with E-state index >= 15 is 0 Å². The zero-order valence-corrected chi connectivity index (χ0v) is 16.5. The van der Waals surface area contributed by atoms with Crippen LogP contribution < -0.4 is 14.8 Å². The highest BCUT2D eigenvalue weighted by molar-refractivity contribution is 9.10. The van der Waals surface area contributed by atoms with Gasteiger partial charge in [-0.15, -0.1) is 5.10 Å². The normalized spacial score (nSPS) is 11.8. The summed E-state index contributed by atoms with van der Waals surface area (Å²) in [7, 11) is 0. The second-order valence-electron chi connectivity index (χ2n) is 5.65. The number of aliphatic carboxylic acids is 1. The molecule has 8 nitrogen and oxygen atoms in total. The minimum atomic E-state index is -1.08. The molecule has 0 aliphatic rings. The minimum Gasteiger partial charge on any atom is -0.481 e. The lowest BCUT2D eigenvalue weighted by atomic mass is 10.2. The highest BCUT2D eigenvalue weighted by Crippen LogP contribution is 2.24. The number of ether oxygens (including phenoxy) is 1. The number of aromatic nitrogens is 4. The van der Waals surface area contributed by atoms with Gasteiger partial charge in [0, 0.05) is 28.0 Å². The van der Waals surface area contributed by atoms with Gasteiger partial charge in [-0.1, -0.05) is 27.3 Å². The van der Waals surface area contributed by atoms with Crippen molar-refractivity contribution < 1.29 is 14.6 Å². The smallest absolute Gasteiger partial charge is 0.341 e. The van der Waals surface area contributed by atoms with E-state index in [9.17, 15) is 9.59 Å². The van der Waals surface area contributed by atoms with E-state index in [0.717, 1.165) is 10.0 Å². The fourth-order valence-electron chi connectivity index (χ4n) is 2.50. The van der Waals surface area contributed by atoms with Crippen LogP contribution in [0.2, 0.25) is 0 Å². The predicted octanol–water partition coefficient (Wildman–Crippen LogP) is 1.99. The molecule has 0 saturated carbocycles. The molecule has 0 aliphatic carbocycles. The number of rotatable bonds is 5. The zero-order valence-electron chi connectivity index (χ0n) is 14.1. The van der Waals surface area contributed by atoms with Crippen molar-refractivity contribution in [3.05, 3.63) is 67.6 Å². The lowest BCUT2D eigenvalue weighted by Crippen LogP contribution is -2.23. The molecule has 0 amide bonds. The highest BCUT2D eigenvalue weighted by atomic mass is 79.9. The van der Waals surface area contributed by atoms with Gasteiger partial charge >= 0.3 is 5.97 Å². The third-order valence-electron chi connectivity index (χ3n) is 3.73. The van der Waals surface area contributed by atoms with Gasteiger partial charge in [-0.3, -0.25) is 9.78 Å². The minimum absolute atomic E-state index is 0.308. The molecule has 3 heterocycles. The molecule has 1 N–H and O–H groups in total. The van der Waals surface area contributed by atoms with Gasteiger partial charge in [0.1, 0.15) is 5.75 Å². The average Bonchev–Trinajstić information content (AvgIpc) is 3.22. The summed E-state index contributed by atoms with van der Waals surface area (Å²) in [5.74, 6) is -0.271. The Morgan fingerprint density at radius 3 is 2.79 bits per heavy atom. The van der Waals surface area contributed by atoms with Gasteiger partial charge < -0.3 is 9.84 Å². The Bertz CT molecular complexity index is 1290. The van der Waals surface area contributed by atoms with Gasteiger partial charge in [0.2, 0.25) is 4.96 Å². The number of hydrogen-bond donors (Lipinski definition) is 1. The van der Waals surface area contributed by atoms with Crippen LogP contribution in [0.15, 0.2) is 52.0 Å². The van der Waals surface area contributed by atoms with E-state index in [1.54, 1.807) is 48.8 Å². The Kier molecular flexibility index (Phi) is 4.88. The number of halogens is 1. The monoisotopic (exact) mass is 458 g/mol. The Hall–Kier alpha value is -3.11. The molecule has 140 valence electrons. The lowest BCUT2D eigenvalue weighted by Gasteiger charge is -2.07. The van der Waals surface area contributed by atoms with Crippen molar-refractivity contribution in [1.29, 1.82) is 0 Å². The van der Waals surface area contributed by atoms with E-state index in [4.69, 9.17) is 9.84 Å². The highest BCUT2D eigenvalue weighted by Gasteiger charge is 2.13. The molecule has 0 spiro atoms. The number of thiazole rings is 1. The van der Waals surface area contributed by atoms with Crippen molar-refractivity contribution in [3.8, 4) is 17.1 Å². The summed E-state index contributed by atoms with van der Waals surface area (Å²) in [6.45, 7) is -0.475. The van der Waals surface area contributed by atoms with Crippen LogP contribution in [0.1, 0.15) is 5.56 Å². The molecule has 0 aliphatic heterocycles. The van der Waals surface area contributed by atoms with Crippen molar-refractivity contribution in [3.63, 3.8) is 0 Å². The largest absolute Gasteiger partial charge is 0.481 e. The van der Waals surface area contributed by atoms with Gasteiger partial charge in [-0.05, 0) is 36.4 Å². The zero-order chi connectivity index (χ0) is 19.7. The first-order valence-corrected chi connectivity index (χ1v) is 9.58. The maximum absolute atomic E-state index is 12.7. The Labute approximate surface area is 169 Å². The third-order valence-corrected chi connectivity index (χ3v) is 5.18. The third kappa shape index (κ3) is 3.64.